The zero-order chi connectivity index (χ0) is 13.8. The van der Waals surface area contributed by atoms with Gasteiger partial charge in [0, 0.05) is 24.0 Å². The van der Waals surface area contributed by atoms with Gasteiger partial charge in [-0.25, -0.2) is 4.98 Å². The van der Waals surface area contributed by atoms with Gasteiger partial charge < -0.3 is 10.6 Å². The molecule has 19 heavy (non-hydrogen) atoms. The first-order valence-electron chi connectivity index (χ1n) is 5.82. The minimum absolute atomic E-state index is 0.225. The van der Waals surface area contributed by atoms with Gasteiger partial charge >= 0.3 is 0 Å². The van der Waals surface area contributed by atoms with E-state index in [9.17, 15) is 4.79 Å². The van der Waals surface area contributed by atoms with Gasteiger partial charge in [0.05, 0.1) is 5.56 Å². The van der Waals surface area contributed by atoms with Gasteiger partial charge in [-0.3, -0.25) is 4.79 Å². The fraction of sp³-hybridized carbons (Fsp3) is 0.143. The minimum Gasteiger partial charge on any atom is -0.372 e. The quantitative estimate of drug-likeness (QED) is 0.903. The summed E-state index contributed by atoms with van der Waals surface area (Å²) in [5.74, 6) is 0.315. The van der Waals surface area contributed by atoms with Crippen LogP contribution < -0.4 is 10.6 Å². The molecule has 2 N–H and O–H groups in total. The van der Waals surface area contributed by atoms with E-state index < -0.39 is 0 Å². The third-order valence-electron chi connectivity index (χ3n) is 2.72. The third kappa shape index (κ3) is 3.03. The van der Waals surface area contributed by atoms with Crippen LogP contribution in [0.25, 0.3) is 0 Å². The molecule has 4 nitrogen and oxygen atoms in total. The summed E-state index contributed by atoms with van der Waals surface area (Å²) < 4.78 is 0. The van der Waals surface area contributed by atoms with E-state index in [-0.39, 0.29) is 5.91 Å². The molecule has 0 atom stereocenters. The van der Waals surface area contributed by atoms with Crippen LogP contribution in [0.15, 0.2) is 36.5 Å². The van der Waals surface area contributed by atoms with Crippen LogP contribution in [0.2, 0.25) is 5.02 Å². The smallest absolute Gasteiger partial charge is 0.259 e. The zero-order valence-electron chi connectivity index (χ0n) is 10.7. The van der Waals surface area contributed by atoms with Gasteiger partial charge in [0.2, 0.25) is 0 Å². The van der Waals surface area contributed by atoms with E-state index in [1.165, 1.54) is 0 Å². The molecule has 0 aliphatic carbocycles. The third-order valence-corrected chi connectivity index (χ3v) is 3.13. The Morgan fingerprint density at radius 3 is 2.79 bits per heavy atom. The van der Waals surface area contributed by atoms with Gasteiger partial charge in [0.1, 0.15) is 5.82 Å². The summed E-state index contributed by atoms with van der Waals surface area (Å²) >= 11 is 6.03. The number of nitrogens with zero attached hydrogens (tertiary/aromatic N) is 1. The standard InChI is InChI=1S/C14H14ClN3O/c1-9-5-6-10(8-12(9)15)18-14(19)11-4-3-7-17-13(11)16-2/h3-8H,1-2H3,(H,16,17)(H,18,19). The van der Waals surface area contributed by atoms with E-state index in [1.807, 2.05) is 19.1 Å². The Morgan fingerprint density at radius 2 is 2.11 bits per heavy atom. The Balaban J connectivity index is 2.23. The molecule has 5 heteroatoms. The highest BCUT2D eigenvalue weighted by atomic mass is 35.5. The van der Waals surface area contributed by atoms with Crippen molar-refractivity contribution in [1.82, 2.24) is 4.98 Å². The van der Waals surface area contributed by atoms with Gasteiger partial charge in [-0.15, -0.1) is 0 Å². The Morgan fingerprint density at radius 1 is 1.32 bits per heavy atom. The highest BCUT2D eigenvalue weighted by Crippen LogP contribution is 2.21. The second kappa shape index (κ2) is 5.71. The molecule has 0 bridgehead atoms. The van der Waals surface area contributed by atoms with Gasteiger partial charge in [-0.05, 0) is 36.8 Å². The van der Waals surface area contributed by atoms with Crippen LogP contribution in [0.1, 0.15) is 15.9 Å². The first-order valence-corrected chi connectivity index (χ1v) is 6.20. The SMILES string of the molecule is CNc1ncccc1C(=O)Nc1ccc(C)c(Cl)c1. The largest absolute Gasteiger partial charge is 0.372 e. The molecule has 1 aromatic heterocycles. The van der Waals surface area contributed by atoms with Crippen LogP contribution in [0.5, 0.6) is 0 Å². The van der Waals surface area contributed by atoms with Crippen molar-refractivity contribution in [2.75, 3.05) is 17.7 Å². The molecule has 0 saturated heterocycles. The second-order valence-corrected chi connectivity index (χ2v) is 4.47. The molecule has 0 fully saturated rings. The molecule has 0 saturated carbocycles. The highest BCUT2D eigenvalue weighted by Gasteiger charge is 2.11. The molecule has 2 rings (SSSR count). The summed E-state index contributed by atoms with van der Waals surface area (Å²) in [6.45, 7) is 1.91. The van der Waals surface area contributed by atoms with Crippen molar-refractivity contribution in [2.24, 2.45) is 0 Å². The maximum atomic E-state index is 12.2. The summed E-state index contributed by atoms with van der Waals surface area (Å²) in [7, 11) is 1.72. The lowest BCUT2D eigenvalue weighted by Gasteiger charge is -2.09. The average molecular weight is 276 g/mol. The van der Waals surface area contributed by atoms with E-state index in [0.29, 0.717) is 22.1 Å². The summed E-state index contributed by atoms with van der Waals surface area (Å²) in [5, 5.41) is 6.31. The molecule has 0 spiro atoms. The number of aryl methyl sites for hydroxylation is 1. The number of pyridine rings is 1. The van der Waals surface area contributed by atoms with Crippen LogP contribution in [0, 0.1) is 6.92 Å². The normalized spacial score (nSPS) is 10.1. The first-order chi connectivity index (χ1) is 9.11. The number of hydrogen-bond acceptors (Lipinski definition) is 3. The fourth-order valence-corrected chi connectivity index (χ4v) is 1.84. The number of halogens is 1. The van der Waals surface area contributed by atoms with E-state index in [0.717, 1.165) is 5.56 Å². The maximum Gasteiger partial charge on any atom is 0.259 e. The molecule has 1 amide bonds. The number of carbonyl (C=O) groups excluding carboxylic acids is 1. The summed E-state index contributed by atoms with van der Waals surface area (Å²) in [6.07, 6.45) is 1.63. The minimum atomic E-state index is -0.225. The number of anilines is 2. The van der Waals surface area contributed by atoms with Crippen molar-refractivity contribution >= 4 is 29.0 Å². The van der Waals surface area contributed by atoms with Crippen molar-refractivity contribution in [2.45, 2.75) is 6.92 Å². The molecule has 0 aliphatic rings. The Bertz CT molecular complexity index is 613. The number of benzene rings is 1. The van der Waals surface area contributed by atoms with Crippen LogP contribution in [-0.4, -0.2) is 17.9 Å². The van der Waals surface area contributed by atoms with Crippen molar-refractivity contribution < 1.29 is 4.79 Å². The molecule has 0 unspecified atom stereocenters. The van der Waals surface area contributed by atoms with E-state index >= 15 is 0 Å². The van der Waals surface area contributed by atoms with Crippen LogP contribution in [0.4, 0.5) is 11.5 Å². The summed E-state index contributed by atoms with van der Waals surface area (Å²) in [6, 6.07) is 8.83. The molecule has 0 aliphatic heterocycles. The summed E-state index contributed by atoms with van der Waals surface area (Å²) in [4.78, 5) is 16.2. The Kier molecular flexibility index (Phi) is 4.02. The highest BCUT2D eigenvalue weighted by molar-refractivity contribution is 6.31. The van der Waals surface area contributed by atoms with Gasteiger partial charge in [-0.2, -0.15) is 0 Å². The fourth-order valence-electron chi connectivity index (χ4n) is 1.66. The predicted octanol–water partition coefficient (Wildman–Crippen LogP) is 3.34. The lowest BCUT2D eigenvalue weighted by Crippen LogP contribution is -2.14. The van der Waals surface area contributed by atoms with Crippen LogP contribution in [0.3, 0.4) is 0 Å². The second-order valence-electron chi connectivity index (χ2n) is 4.07. The number of carbonyl (C=O) groups is 1. The van der Waals surface area contributed by atoms with Crippen molar-refractivity contribution in [3.05, 3.63) is 52.7 Å². The number of aromatic nitrogens is 1. The lowest BCUT2D eigenvalue weighted by atomic mass is 10.2. The van der Waals surface area contributed by atoms with Crippen LogP contribution in [-0.2, 0) is 0 Å². The number of amides is 1. The monoisotopic (exact) mass is 275 g/mol. The van der Waals surface area contributed by atoms with Gasteiger partial charge in [0.25, 0.3) is 5.91 Å². The predicted molar refractivity (Wildman–Crippen MR) is 77.9 cm³/mol. The lowest BCUT2D eigenvalue weighted by molar-refractivity contribution is 0.102. The van der Waals surface area contributed by atoms with Crippen molar-refractivity contribution in [3.63, 3.8) is 0 Å². The molecule has 0 radical (unpaired) electrons. The summed E-state index contributed by atoms with van der Waals surface area (Å²) in [5.41, 5.74) is 2.12. The molecule has 1 aromatic carbocycles. The van der Waals surface area contributed by atoms with E-state index in [1.54, 1.807) is 31.4 Å². The number of rotatable bonds is 3. The average Bonchev–Trinajstić information content (AvgIpc) is 2.43. The molecule has 2 aromatic rings. The van der Waals surface area contributed by atoms with E-state index in [2.05, 4.69) is 15.6 Å². The van der Waals surface area contributed by atoms with Crippen molar-refractivity contribution in [1.29, 1.82) is 0 Å². The Labute approximate surface area is 116 Å². The molecule has 98 valence electrons. The number of nitrogens with one attached hydrogen (secondary N) is 2. The van der Waals surface area contributed by atoms with Crippen LogP contribution >= 0.6 is 11.6 Å². The Hall–Kier alpha value is -2.07. The molecular weight excluding hydrogens is 262 g/mol. The zero-order valence-corrected chi connectivity index (χ0v) is 11.5. The molecular formula is C14H14ClN3O. The van der Waals surface area contributed by atoms with E-state index in [4.69, 9.17) is 11.6 Å². The van der Waals surface area contributed by atoms with Gasteiger partial charge in [0.15, 0.2) is 0 Å². The van der Waals surface area contributed by atoms with Gasteiger partial charge in [-0.1, -0.05) is 17.7 Å². The van der Waals surface area contributed by atoms with Crippen molar-refractivity contribution in [3.8, 4) is 0 Å². The first kappa shape index (κ1) is 13.4. The maximum absolute atomic E-state index is 12.2. The topological polar surface area (TPSA) is 54.0 Å². The molecule has 1 heterocycles. The number of hydrogen-bond donors (Lipinski definition) is 2.